The van der Waals surface area contributed by atoms with Crippen molar-refractivity contribution in [3.05, 3.63) is 48.9 Å². The molecule has 0 atom stereocenters. The van der Waals surface area contributed by atoms with E-state index < -0.39 is 5.54 Å². The third-order valence-electron chi connectivity index (χ3n) is 8.33. The molecule has 11 heteroatoms. The normalized spacial score (nSPS) is 19.3. The summed E-state index contributed by atoms with van der Waals surface area (Å²) in [5.74, 6) is 0.334. The lowest BCUT2D eigenvalue weighted by Gasteiger charge is -2.41. The fraction of sp³-hybridized carbons (Fsp3) is 0.393. The van der Waals surface area contributed by atoms with E-state index in [2.05, 4.69) is 25.9 Å². The first-order valence-corrected chi connectivity index (χ1v) is 13.4. The lowest BCUT2D eigenvalue weighted by molar-refractivity contribution is -0.141. The van der Waals surface area contributed by atoms with Crippen LogP contribution < -0.4 is 10.6 Å². The summed E-state index contributed by atoms with van der Waals surface area (Å²) in [7, 11) is 0. The predicted octanol–water partition coefficient (Wildman–Crippen LogP) is 2.92. The monoisotopic (exact) mass is 526 g/mol. The van der Waals surface area contributed by atoms with E-state index in [-0.39, 0.29) is 17.9 Å². The number of amides is 2. The molecule has 3 aromatic heterocycles. The molecule has 1 aromatic carbocycles. The topological polar surface area (TPSA) is 124 Å². The van der Waals surface area contributed by atoms with Gasteiger partial charge in [0, 0.05) is 56.2 Å². The van der Waals surface area contributed by atoms with E-state index in [4.69, 9.17) is 10.5 Å². The van der Waals surface area contributed by atoms with Gasteiger partial charge in [0.1, 0.15) is 17.4 Å². The maximum atomic E-state index is 13.5. The Labute approximate surface area is 225 Å². The van der Waals surface area contributed by atoms with Crippen LogP contribution in [0.4, 0.5) is 11.5 Å². The summed E-state index contributed by atoms with van der Waals surface area (Å²) in [5, 5.41) is 9.22. The van der Waals surface area contributed by atoms with Crippen molar-refractivity contribution in [1.29, 1.82) is 0 Å². The number of ether oxygens (including phenoxy) is 1. The van der Waals surface area contributed by atoms with Crippen LogP contribution >= 0.6 is 0 Å². The van der Waals surface area contributed by atoms with Gasteiger partial charge in [-0.15, -0.1) is 0 Å². The molecule has 39 heavy (non-hydrogen) atoms. The number of hydrogen-bond acceptors (Lipinski definition) is 7. The van der Waals surface area contributed by atoms with Crippen molar-refractivity contribution in [3.8, 4) is 22.5 Å². The standard InChI is InChI=1S/C28H30N8O3/c1-18(37)34-12-11-33(27(38)28(34)8-9-28)21-4-2-3-19(15-21)24-16-22(25-26(29)30-17-32-36(24)25)23-5-10-31-35(23)20-6-13-39-14-7-20/h2-5,10,15-17,20H,6-9,11-14H2,1H3,(H2,29,30,32). The summed E-state index contributed by atoms with van der Waals surface area (Å²) >= 11 is 0. The smallest absolute Gasteiger partial charge is 0.253 e. The Balaban J connectivity index is 1.30. The first-order chi connectivity index (χ1) is 19.0. The van der Waals surface area contributed by atoms with E-state index in [0.717, 1.165) is 46.6 Å². The van der Waals surface area contributed by atoms with E-state index in [1.165, 1.54) is 6.33 Å². The molecule has 2 aliphatic heterocycles. The van der Waals surface area contributed by atoms with E-state index in [1.807, 2.05) is 45.9 Å². The molecule has 4 aromatic rings. The van der Waals surface area contributed by atoms with Crippen LogP contribution in [0.1, 0.15) is 38.6 Å². The van der Waals surface area contributed by atoms with Crippen LogP contribution in [0.25, 0.3) is 28.0 Å². The molecule has 1 aliphatic carbocycles. The maximum absolute atomic E-state index is 13.5. The highest BCUT2D eigenvalue weighted by molar-refractivity contribution is 6.05. The summed E-state index contributed by atoms with van der Waals surface area (Å²) in [5.41, 5.74) is 10.8. The number of benzene rings is 1. The number of fused-ring (bicyclic) bond motifs is 1. The average molecular weight is 527 g/mol. The lowest BCUT2D eigenvalue weighted by Crippen LogP contribution is -2.60. The van der Waals surface area contributed by atoms with E-state index in [0.29, 0.717) is 45.0 Å². The molecule has 1 saturated carbocycles. The molecule has 2 amide bonds. The Bertz CT molecular complexity index is 1600. The number of nitrogen functional groups attached to an aromatic ring is 1. The minimum absolute atomic E-state index is 0.00580. The molecule has 11 nitrogen and oxygen atoms in total. The molecule has 3 fully saturated rings. The van der Waals surface area contributed by atoms with Crippen molar-refractivity contribution in [3.63, 3.8) is 0 Å². The molecular weight excluding hydrogens is 496 g/mol. The second-order valence-corrected chi connectivity index (χ2v) is 10.6. The molecule has 7 rings (SSSR count). The number of nitrogens with two attached hydrogens (primary N) is 1. The molecule has 5 heterocycles. The summed E-state index contributed by atoms with van der Waals surface area (Å²) in [6, 6.07) is 12.2. The fourth-order valence-corrected chi connectivity index (χ4v) is 6.24. The maximum Gasteiger partial charge on any atom is 0.253 e. The van der Waals surface area contributed by atoms with Gasteiger partial charge in [-0.3, -0.25) is 14.3 Å². The lowest BCUT2D eigenvalue weighted by atomic mass is 10.1. The Morgan fingerprint density at radius 2 is 1.90 bits per heavy atom. The number of piperazine rings is 1. The average Bonchev–Trinajstić information content (AvgIpc) is 3.39. The summed E-state index contributed by atoms with van der Waals surface area (Å²) in [6.07, 6.45) is 6.49. The quantitative estimate of drug-likeness (QED) is 0.434. The van der Waals surface area contributed by atoms with Crippen molar-refractivity contribution in [2.45, 2.75) is 44.2 Å². The van der Waals surface area contributed by atoms with Crippen LogP contribution in [0.15, 0.2) is 48.9 Å². The van der Waals surface area contributed by atoms with Gasteiger partial charge in [0.15, 0.2) is 5.82 Å². The Morgan fingerprint density at radius 1 is 1.08 bits per heavy atom. The molecule has 200 valence electrons. The van der Waals surface area contributed by atoms with E-state index >= 15 is 0 Å². The number of rotatable bonds is 4. The highest BCUT2D eigenvalue weighted by atomic mass is 16.5. The van der Waals surface area contributed by atoms with Gasteiger partial charge in [0.05, 0.1) is 17.4 Å². The predicted molar refractivity (Wildman–Crippen MR) is 145 cm³/mol. The Kier molecular flexibility index (Phi) is 5.44. The van der Waals surface area contributed by atoms with Crippen molar-refractivity contribution in [2.24, 2.45) is 0 Å². The zero-order chi connectivity index (χ0) is 26.7. The number of anilines is 2. The van der Waals surface area contributed by atoms with Crippen LogP contribution in [-0.2, 0) is 14.3 Å². The number of carbonyl (C=O) groups is 2. The van der Waals surface area contributed by atoms with Gasteiger partial charge in [0.25, 0.3) is 5.91 Å². The molecule has 2 saturated heterocycles. The van der Waals surface area contributed by atoms with Crippen LogP contribution in [0.2, 0.25) is 0 Å². The van der Waals surface area contributed by atoms with Gasteiger partial charge in [-0.1, -0.05) is 12.1 Å². The van der Waals surface area contributed by atoms with Crippen LogP contribution in [-0.4, -0.2) is 72.9 Å². The minimum Gasteiger partial charge on any atom is -0.382 e. The summed E-state index contributed by atoms with van der Waals surface area (Å²) in [6.45, 7) is 3.96. The third-order valence-corrected chi connectivity index (χ3v) is 8.33. The molecule has 3 aliphatic rings. The van der Waals surface area contributed by atoms with Crippen molar-refractivity contribution >= 4 is 28.8 Å². The van der Waals surface area contributed by atoms with Crippen molar-refractivity contribution < 1.29 is 14.3 Å². The van der Waals surface area contributed by atoms with Gasteiger partial charge in [-0.2, -0.15) is 10.2 Å². The van der Waals surface area contributed by atoms with Crippen LogP contribution in [0.5, 0.6) is 0 Å². The zero-order valence-corrected chi connectivity index (χ0v) is 21.8. The van der Waals surface area contributed by atoms with Crippen molar-refractivity contribution in [2.75, 3.05) is 36.9 Å². The Morgan fingerprint density at radius 3 is 2.67 bits per heavy atom. The molecule has 1 spiro atoms. The molecule has 0 unspecified atom stereocenters. The van der Waals surface area contributed by atoms with Gasteiger partial charge in [0.2, 0.25) is 5.91 Å². The van der Waals surface area contributed by atoms with Gasteiger partial charge in [-0.25, -0.2) is 9.50 Å². The second-order valence-electron chi connectivity index (χ2n) is 10.6. The molecule has 0 radical (unpaired) electrons. The van der Waals surface area contributed by atoms with Gasteiger partial charge < -0.3 is 20.3 Å². The fourth-order valence-electron chi connectivity index (χ4n) is 6.24. The molecular formula is C28H30N8O3. The minimum atomic E-state index is -0.681. The molecule has 2 N–H and O–H groups in total. The summed E-state index contributed by atoms with van der Waals surface area (Å²) < 4.78 is 9.44. The first kappa shape index (κ1) is 23.8. The van der Waals surface area contributed by atoms with Gasteiger partial charge >= 0.3 is 0 Å². The van der Waals surface area contributed by atoms with Gasteiger partial charge in [-0.05, 0) is 49.9 Å². The highest BCUT2D eigenvalue weighted by Gasteiger charge is 2.59. The second kappa shape index (κ2) is 8.91. The van der Waals surface area contributed by atoms with E-state index in [1.54, 1.807) is 11.8 Å². The van der Waals surface area contributed by atoms with E-state index in [9.17, 15) is 9.59 Å². The van der Waals surface area contributed by atoms with Crippen molar-refractivity contribution in [1.82, 2.24) is 29.3 Å². The zero-order valence-electron chi connectivity index (χ0n) is 21.8. The number of carbonyl (C=O) groups excluding carboxylic acids is 2. The first-order valence-electron chi connectivity index (χ1n) is 13.4. The third kappa shape index (κ3) is 3.71. The molecule has 0 bridgehead atoms. The summed E-state index contributed by atoms with van der Waals surface area (Å²) in [4.78, 5) is 33.6. The highest BCUT2D eigenvalue weighted by Crippen LogP contribution is 2.46. The number of hydrogen-bond donors (Lipinski definition) is 1. The SMILES string of the molecule is CC(=O)N1CCN(c2cccc(-c3cc(-c4ccnn4C4CCOCC4)c4c(N)ncnn34)c2)C(=O)C12CC2. The largest absolute Gasteiger partial charge is 0.382 e. The Hall–Kier alpha value is -4.25. The number of aromatic nitrogens is 5. The number of nitrogens with zero attached hydrogens (tertiary/aromatic N) is 7. The van der Waals surface area contributed by atoms with Crippen LogP contribution in [0.3, 0.4) is 0 Å². The van der Waals surface area contributed by atoms with Crippen LogP contribution in [0, 0.1) is 0 Å².